The Morgan fingerprint density at radius 2 is 1.32 bits per heavy atom. The van der Waals surface area contributed by atoms with E-state index in [-0.39, 0.29) is 140 Å². The second-order valence-corrected chi connectivity index (χ2v) is 28.6. The van der Waals surface area contributed by atoms with Gasteiger partial charge in [0.2, 0.25) is 17.7 Å². The van der Waals surface area contributed by atoms with Crippen LogP contribution in [-0.4, -0.2) is 164 Å². The lowest BCUT2D eigenvalue weighted by molar-refractivity contribution is -0.133. The molecule has 0 aromatic heterocycles. The van der Waals surface area contributed by atoms with Crippen molar-refractivity contribution in [3.05, 3.63) is 136 Å². The molecule has 5 N–H and O–H groups in total. The Labute approximate surface area is 598 Å². The van der Waals surface area contributed by atoms with Gasteiger partial charge in [-0.25, -0.2) is 9.69 Å². The Kier molecular flexibility index (Phi) is 21.9. The predicted octanol–water partition coefficient (Wildman–Crippen LogP) is 8.93. The van der Waals surface area contributed by atoms with Crippen molar-refractivity contribution in [2.75, 3.05) is 63.9 Å². The minimum Gasteiger partial charge on any atom is -0.493 e. The lowest BCUT2D eigenvalue weighted by Gasteiger charge is -2.31. The van der Waals surface area contributed by atoms with Crippen LogP contribution in [0.5, 0.6) is 23.0 Å². The van der Waals surface area contributed by atoms with Crippen molar-refractivity contribution >= 4 is 87.7 Å². The van der Waals surface area contributed by atoms with Crippen molar-refractivity contribution in [3.63, 3.8) is 0 Å². The number of aliphatic imine (C=N–C) groups is 2. The van der Waals surface area contributed by atoms with Crippen molar-refractivity contribution in [2.45, 2.75) is 155 Å². The van der Waals surface area contributed by atoms with Gasteiger partial charge in [-0.3, -0.25) is 48.3 Å². The number of methoxy groups -OCH3 is 2. The van der Waals surface area contributed by atoms with Gasteiger partial charge in [0.1, 0.15) is 18.1 Å². The number of nitrogens with one attached hydrogen (secondary N) is 2. The number of aliphatic hydroxyl groups excluding tert-OH is 1. The number of hydrazone groups is 1. The fraction of sp³-hybridized carbons (Fsp3) is 0.462. The lowest BCUT2D eigenvalue weighted by Crippen LogP contribution is -2.50. The van der Waals surface area contributed by atoms with E-state index in [2.05, 4.69) is 20.7 Å². The van der Waals surface area contributed by atoms with Gasteiger partial charge < -0.3 is 60.0 Å². The zero-order valence-electron chi connectivity index (χ0n) is 59.2. The Morgan fingerprint density at radius 1 is 0.689 bits per heavy atom. The summed E-state index contributed by atoms with van der Waals surface area (Å²) < 4.78 is 29.8. The summed E-state index contributed by atoms with van der Waals surface area (Å²) in [5, 5.41) is 21.6. The third-order valence-electron chi connectivity index (χ3n) is 21.2. The molecule has 2 saturated heterocycles. The van der Waals surface area contributed by atoms with E-state index in [1.54, 1.807) is 99.3 Å². The van der Waals surface area contributed by atoms with Crippen LogP contribution < -0.4 is 45.2 Å². The van der Waals surface area contributed by atoms with Gasteiger partial charge in [0, 0.05) is 94.1 Å². The number of ketones is 3. The van der Waals surface area contributed by atoms with Crippen LogP contribution in [0.1, 0.15) is 159 Å². The molecule has 2 spiro atoms. The maximum atomic E-state index is 14.5. The first-order valence-electron chi connectivity index (χ1n) is 35.6. The molecule has 4 fully saturated rings. The normalized spacial score (nSPS) is 19.9. The van der Waals surface area contributed by atoms with Crippen molar-refractivity contribution in [2.24, 2.45) is 43.6 Å². The molecule has 5 aromatic carbocycles. The monoisotopic (exact) mass is 1410 g/mol. The van der Waals surface area contributed by atoms with Crippen LogP contribution in [0.2, 0.25) is 0 Å². The fourth-order valence-corrected chi connectivity index (χ4v) is 14.8. The minimum absolute atomic E-state index is 0.0144. The van der Waals surface area contributed by atoms with Gasteiger partial charge in [0.25, 0.3) is 11.8 Å². The van der Waals surface area contributed by atoms with Gasteiger partial charge in [-0.15, -0.1) is 0 Å². The molecular formula is C78H90N10O15. The molecule has 25 nitrogen and oxygen atoms in total. The number of rotatable bonds is 28. The summed E-state index contributed by atoms with van der Waals surface area (Å²) in [4.78, 5) is 139. The standard InChI is InChI=1S/C78H90N10O15/c1-46(2)56(33-53(90)41-82-68(92)24-22-52(89)23-25-69(93)85-42-50-14-8-9-15-54(50)70(80-4)71(84-79)55-16-10-11-17-60(55)85)72(94)83-47(3)63(91)32-48-18-20-49(21-19-48)43-103-76(98)88-61-37-67(65(100-6)35-58(61)74(96)87-45-78(28-29-78)39-62(87)75(88)97)102-31-13-7-12-30-101-66-36-59-57(34-64(66)99-5)73(95)86-44-77(26-27-77)38-51(86)40-81-59/h8-11,14-21,34-37,40,46-47,51,56,62,75,97H,7,12-13,22-33,38-39,41-45,79H2,1-6H3,(H,82,92)(H,83,94)/t47-,51-,56-,62-,75-/m0/s1. The van der Waals surface area contributed by atoms with Gasteiger partial charge in [0.15, 0.2) is 40.8 Å². The number of Topliss-reactive ketones (excluding diaryl/α,β-unsaturated/α-hetero) is 3. The maximum absolute atomic E-state index is 14.5. The van der Waals surface area contributed by atoms with Crippen LogP contribution in [0, 0.1) is 22.7 Å². The van der Waals surface area contributed by atoms with Crippen LogP contribution in [0.25, 0.3) is 0 Å². The molecule has 25 heteroatoms. The second-order valence-electron chi connectivity index (χ2n) is 28.6. The summed E-state index contributed by atoms with van der Waals surface area (Å²) in [5.41, 5.74) is 6.39. The highest BCUT2D eigenvalue weighted by molar-refractivity contribution is 6.55. The largest absolute Gasteiger partial charge is 0.493 e. The fourth-order valence-electron chi connectivity index (χ4n) is 14.8. The summed E-state index contributed by atoms with van der Waals surface area (Å²) in [6, 6.07) is 26.5. The average molecular weight is 1410 g/mol. The third kappa shape index (κ3) is 16.0. The summed E-state index contributed by atoms with van der Waals surface area (Å²) in [7, 11) is 4.67. The molecule has 0 radical (unpaired) electrons. The van der Waals surface area contributed by atoms with Crippen LogP contribution in [-0.2, 0) is 53.1 Å². The van der Waals surface area contributed by atoms with Crippen LogP contribution >= 0.6 is 0 Å². The Hall–Kier alpha value is -10.3. The number of para-hydroxylation sites is 1. The zero-order valence-corrected chi connectivity index (χ0v) is 59.2. The number of carbonyl (C=O) groups excluding carboxylic acids is 9. The van der Waals surface area contributed by atoms with E-state index in [1.165, 1.54) is 13.2 Å². The van der Waals surface area contributed by atoms with Gasteiger partial charge >= 0.3 is 6.09 Å². The van der Waals surface area contributed by atoms with Crippen LogP contribution in [0.3, 0.4) is 0 Å². The highest BCUT2D eigenvalue weighted by atomic mass is 16.6. The first kappa shape index (κ1) is 72.5. The van der Waals surface area contributed by atoms with Crippen molar-refractivity contribution in [3.8, 4) is 23.0 Å². The molecule has 542 valence electrons. The maximum Gasteiger partial charge on any atom is 0.416 e. The summed E-state index contributed by atoms with van der Waals surface area (Å²) in [6.07, 6.45) is 6.19. The zero-order chi connectivity index (χ0) is 72.9. The van der Waals surface area contributed by atoms with E-state index >= 15 is 0 Å². The number of carbonyl (C=O) groups is 9. The first-order valence-corrected chi connectivity index (χ1v) is 35.6. The van der Waals surface area contributed by atoms with E-state index in [0.29, 0.717) is 95.4 Å². The number of nitrogens with two attached hydrogens (primary N) is 1. The van der Waals surface area contributed by atoms with Crippen LogP contribution in [0.4, 0.5) is 21.9 Å². The molecule has 12 rings (SSSR count). The Bertz CT molecular complexity index is 4240. The number of benzene rings is 5. The molecule has 5 heterocycles. The molecule has 0 bridgehead atoms. The van der Waals surface area contributed by atoms with Gasteiger partial charge in [0.05, 0.1) is 92.5 Å². The highest BCUT2D eigenvalue weighted by Gasteiger charge is 2.58. The van der Waals surface area contributed by atoms with Crippen LogP contribution in [0.15, 0.2) is 112 Å². The topological polar surface area (TPSA) is 320 Å². The summed E-state index contributed by atoms with van der Waals surface area (Å²) >= 11 is 0. The molecule has 2 aliphatic carbocycles. The lowest BCUT2D eigenvalue weighted by atomic mass is 9.89. The smallest absolute Gasteiger partial charge is 0.416 e. The number of aliphatic hydroxyl groups is 1. The number of unbranched alkanes of at least 4 members (excludes halogenated alkanes) is 2. The number of fused-ring (bicyclic) bond motifs is 6. The minimum atomic E-state index is -1.46. The van der Waals surface area contributed by atoms with Gasteiger partial charge in [-0.2, -0.15) is 5.10 Å². The van der Waals surface area contributed by atoms with Gasteiger partial charge in [-0.1, -0.05) is 80.6 Å². The average Bonchev–Trinajstić information content (AvgIpc) is 1.58. The summed E-state index contributed by atoms with van der Waals surface area (Å²) in [6.45, 7) is 6.54. The second kappa shape index (κ2) is 31.1. The first-order chi connectivity index (χ1) is 49.6. The number of ether oxygens (including phenoxy) is 5. The van der Waals surface area contributed by atoms with Gasteiger partial charge in [-0.05, 0) is 116 Å². The Balaban J connectivity index is 0.590. The van der Waals surface area contributed by atoms with E-state index < -0.39 is 47.9 Å². The van der Waals surface area contributed by atoms with E-state index in [9.17, 15) is 48.3 Å². The molecule has 103 heavy (non-hydrogen) atoms. The molecular weight excluding hydrogens is 1320 g/mol. The Morgan fingerprint density at radius 3 is 2.00 bits per heavy atom. The molecule has 2 saturated carbocycles. The van der Waals surface area contributed by atoms with Crippen molar-refractivity contribution in [1.29, 1.82) is 0 Å². The molecule has 5 aliphatic heterocycles. The SMILES string of the molecule is CN=C1C(=NN)c2ccccc2N(C(=O)CCC(=O)CCC(=O)NCC(=O)C[C@H](C(=O)N[C@@H](C)C(=O)Cc2ccc(COC(=O)N3c4cc(OCCCCCOc5cc6c(cc5OC)C(=O)N5CC7(CC7)C[C@H]5C=N6)c(OC)cc4C(=O)N4CC5(CC5)C[C@H]4[C@@H]3O)cc2)C(C)C)Cc2ccccc21. The molecule has 5 aromatic rings. The number of amides is 6. The van der Waals surface area contributed by atoms with Crippen molar-refractivity contribution in [1.82, 2.24) is 20.4 Å². The quantitative estimate of drug-likeness (QED) is 0.0206. The number of hydrogen-bond donors (Lipinski definition) is 4. The van der Waals surface area contributed by atoms with E-state index in [1.807, 2.05) is 47.5 Å². The number of anilines is 2. The molecule has 0 unspecified atom stereocenters. The molecule has 5 atom stereocenters. The van der Waals surface area contributed by atoms with E-state index in [4.69, 9.17) is 34.5 Å². The molecule has 7 aliphatic rings. The number of nitrogens with zero attached hydrogens (tertiary/aromatic N) is 7. The third-order valence-corrected chi connectivity index (χ3v) is 21.2. The van der Waals surface area contributed by atoms with E-state index in [0.717, 1.165) is 54.7 Å². The van der Waals surface area contributed by atoms with Crippen molar-refractivity contribution < 1.29 is 71.9 Å². The summed E-state index contributed by atoms with van der Waals surface area (Å²) in [5.74, 6) is 3.49. The highest BCUT2D eigenvalue weighted by Crippen LogP contribution is 2.58. The predicted molar refractivity (Wildman–Crippen MR) is 384 cm³/mol. The number of hydrogen-bond acceptors (Lipinski definition) is 19. The molecule has 6 amide bonds.